The van der Waals surface area contributed by atoms with Gasteiger partial charge in [0.05, 0.1) is 15.5 Å². The van der Waals surface area contributed by atoms with Crippen LogP contribution in [-0.2, 0) is 9.59 Å². The Bertz CT molecular complexity index is 1180. The molecule has 0 saturated carbocycles. The maximum Gasteiger partial charge on any atom is 0.294 e. The van der Waals surface area contributed by atoms with Crippen LogP contribution < -0.4 is 5.32 Å². The van der Waals surface area contributed by atoms with Crippen molar-refractivity contribution < 1.29 is 28.1 Å². The van der Waals surface area contributed by atoms with E-state index in [-0.39, 0.29) is 26.2 Å². The summed E-state index contributed by atoms with van der Waals surface area (Å²) in [6.07, 6.45) is 1.16. The average Bonchev–Trinajstić information content (AvgIpc) is 2.93. The van der Waals surface area contributed by atoms with E-state index in [9.17, 15) is 33.3 Å². The number of thioether (sulfide) groups is 1. The Kier molecular flexibility index (Phi) is 6.58. The van der Waals surface area contributed by atoms with Gasteiger partial charge < -0.3 is 5.32 Å². The van der Waals surface area contributed by atoms with Gasteiger partial charge in [0.1, 0.15) is 23.2 Å². The number of carbonyl (C=O) groups is 3. The van der Waals surface area contributed by atoms with Crippen LogP contribution in [0.25, 0.3) is 6.08 Å². The average molecular weight is 488 g/mol. The lowest BCUT2D eigenvalue weighted by atomic mass is 10.2. The van der Waals surface area contributed by atoms with Gasteiger partial charge in [0, 0.05) is 22.7 Å². The maximum absolute atomic E-state index is 13.7. The lowest BCUT2D eigenvalue weighted by molar-refractivity contribution is -0.384. The number of hydrogen-bond acceptors (Lipinski definition) is 6. The second-order valence-corrected chi connectivity index (χ2v) is 7.83. The van der Waals surface area contributed by atoms with Crippen LogP contribution >= 0.6 is 35.0 Å². The minimum absolute atomic E-state index is 0.00641. The molecule has 1 heterocycles. The van der Waals surface area contributed by atoms with Crippen molar-refractivity contribution in [2.75, 3.05) is 11.9 Å². The predicted molar refractivity (Wildman–Crippen MR) is 111 cm³/mol. The summed E-state index contributed by atoms with van der Waals surface area (Å²) in [5.41, 5.74) is -0.701. The van der Waals surface area contributed by atoms with Gasteiger partial charge in [-0.25, -0.2) is 8.78 Å². The summed E-state index contributed by atoms with van der Waals surface area (Å²) in [5.74, 6) is -3.61. The lowest BCUT2D eigenvalue weighted by Gasteiger charge is -2.12. The molecular formula is C18H9Cl2F2N3O5S. The molecule has 160 valence electrons. The molecule has 0 aliphatic carbocycles. The van der Waals surface area contributed by atoms with Gasteiger partial charge >= 0.3 is 0 Å². The first-order valence-electron chi connectivity index (χ1n) is 8.20. The van der Waals surface area contributed by atoms with Crippen molar-refractivity contribution in [3.8, 4) is 0 Å². The Morgan fingerprint density at radius 3 is 2.55 bits per heavy atom. The fourth-order valence-electron chi connectivity index (χ4n) is 2.51. The summed E-state index contributed by atoms with van der Waals surface area (Å²) in [4.78, 5) is 47.6. The number of imide groups is 1. The first-order chi connectivity index (χ1) is 14.6. The third-order valence-corrected chi connectivity index (χ3v) is 5.47. The van der Waals surface area contributed by atoms with E-state index in [0.29, 0.717) is 22.7 Å². The highest BCUT2D eigenvalue weighted by Crippen LogP contribution is 2.36. The SMILES string of the molecule is O=C(CN1C(=O)S/C(=C\c2cc([N+](=O)[O-])c(Cl)cc2Cl)C1=O)Nc1ccc(F)cc1F. The first kappa shape index (κ1) is 22.7. The van der Waals surface area contributed by atoms with E-state index in [0.717, 1.165) is 30.3 Å². The molecule has 0 aromatic heterocycles. The molecule has 0 bridgehead atoms. The van der Waals surface area contributed by atoms with Crippen LogP contribution in [0.3, 0.4) is 0 Å². The van der Waals surface area contributed by atoms with Gasteiger partial charge in [-0.05, 0) is 36.0 Å². The van der Waals surface area contributed by atoms with Crippen LogP contribution in [0.15, 0.2) is 35.2 Å². The smallest absolute Gasteiger partial charge is 0.294 e. The summed E-state index contributed by atoms with van der Waals surface area (Å²) in [5, 5.41) is 12.2. The lowest BCUT2D eigenvalue weighted by Crippen LogP contribution is -2.36. The molecule has 1 aliphatic heterocycles. The van der Waals surface area contributed by atoms with E-state index in [1.54, 1.807) is 0 Å². The monoisotopic (exact) mass is 487 g/mol. The van der Waals surface area contributed by atoms with Gasteiger partial charge in [-0.15, -0.1) is 0 Å². The number of anilines is 1. The number of nitro benzene ring substituents is 1. The maximum atomic E-state index is 13.7. The molecule has 31 heavy (non-hydrogen) atoms. The fourth-order valence-corrected chi connectivity index (χ4v) is 3.84. The Balaban J connectivity index is 1.79. The molecule has 0 spiro atoms. The molecule has 3 amide bonds. The van der Waals surface area contributed by atoms with Crippen LogP contribution in [0.2, 0.25) is 10.0 Å². The fraction of sp³-hybridized carbons (Fsp3) is 0.0556. The van der Waals surface area contributed by atoms with Crippen LogP contribution in [0.4, 0.5) is 25.0 Å². The van der Waals surface area contributed by atoms with E-state index in [1.165, 1.54) is 0 Å². The second kappa shape index (κ2) is 9.00. The molecule has 1 aliphatic rings. The van der Waals surface area contributed by atoms with E-state index >= 15 is 0 Å². The molecular weight excluding hydrogens is 479 g/mol. The molecule has 2 aromatic carbocycles. The highest BCUT2D eigenvalue weighted by molar-refractivity contribution is 8.18. The quantitative estimate of drug-likeness (QED) is 0.366. The van der Waals surface area contributed by atoms with Gasteiger partial charge in [0.15, 0.2) is 0 Å². The highest BCUT2D eigenvalue weighted by Gasteiger charge is 2.36. The summed E-state index contributed by atoms with van der Waals surface area (Å²) in [7, 11) is 0. The third-order valence-electron chi connectivity index (χ3n) is 3.93. The molecule has 2 aromatic rings. The van der Waals surface area contributed by atoms with Crippen molar-refractivity contribution in [3.05, 3.63) is 72.6 Å². The van der Waals surface area contributed by atoms with E-state index in [1.807, 2.05) is 0 Å². The standard InChI is InChI=1S/C18H9Cl2F2N3O5S/c19-10-6-11(20)14(25(29)30)3-8(10)4-15-17(27)24(18(28)31-15)7-16(26)23-13-2-1-9(21)5-12(13)22/h1-6H,7H2,(H,23,26)/b15-4-. The van der Waals surface area contributed by atoms with Gasteiger partial charge in [0.25, 0.3) is 16.8 Å². The minimum Gasteiger partial charge on any atom is -0.322 e. The number of nitrogens with one attached hydrogen (secondary N) is 1. The van der Waals surface area contributed by atoms with Crippen LogP contribution in [0, 0.1) is 21.7 Å². The molecule has 1 N–H and O–H groups in total. The van der Waals surface area contributed by atoms with E-state index < -0.39 is 45.8 Å². The third kappa shape index (κ3) is 5.01. The number of carbonyl (C=O) groups excluding carboxylic acids is 3. The highest BCUT2D eigenvalue weighted by atomic mass is 35.5. The second-order valence-electron chi connectivity index (χ2n) is 6.02. The zero-order valence-electron chi connectivity index (χ0n) is 15.0. The molecule has 8 nitrogen and oxygen atoms in total. The molecule has 0 radical (unpaired) electrons. The molecule has 0 unspecified atom stereocenters. The van der Waals surface area contributed by atoms with Crippen LogP contribution in [-0.4, -0.2) is 33.4 Å². The molecule has 1 saturated heterocycles. The number of halogens is 4. The largest absolute Gasteiger partial charge is 0.322 e. The first-order valence-corrected chi connectivity index (χ1v) is 9.77. The van der Waals surface area contributed by atoms with Crippen molar-refractivity contribution in [3.63, 3.8) is 0 Å². The zero-order valence-corrected chi connectivity index (χ0v) is 17.4. The number of hydrogen-bond donors (Lipinski definition) is 1. The number of benzene rings is 2. The minimum atomic E-state index is -1.03. The van der Waals surface area contributed by atoms with Crippen molar-refractivity contribution in [1.82, 2.24) is 4.90 Å². The molecule has 0 atom stereocenters. The van der Waals surface area contributed by atoms with Gasteiger partial charge in [-0.2, -0.15) is 0 Å². The molecule has 3 rings (SSSR count). The van der Waals surface area contributed by atoms with Crippen molar-refractivity contribution >= 4 is 69.5 Å². The Morgan fingerprint density at radius 1 is 1.19 bits per heavy atom. The van der Waals surface area contributed by atoms with Crippen molar-refractivity contribution in [2.24, 2.45) is 0 Å². The van der Waals surface area contributed by atoms with E-state index in [2.05, 4.69) is 5.32 Å². The Morgan fingerprint density at radius 2 is 1.90 bits per heavy atom. The summed E-state index contributed by atoms with van der Waals surface area (Å²) >= 11 is 12.3. The van der Waals surface area contributed by atoms with Crippen LogP contribution in [0.5, 0.6) is 0 Å². The number of nitrogens with zero attached hydrogens (tertiary/aromatic N) is 2. The van der Waals surface area contributed by atoms with Gasteiger partial charge in [-0.3, -0.25) is 29.4 Å². The molecule has 13 heteroatoms. The number of nitro groups is 1. The predicted octanol–water partition coefficient (Wildman–Crippen LogP) is 4.85. The van der Waals surface area contributed by atoms with Gasteiger partial charge in [0.2, 0.25) is 5.91 Å². The number of amides is 3. The Labute approximate surface area is 186 Å². The summed E-state index contributed by atoms with van der Waals surface area (Å²) < 4.78 is 26.6. The summed E-state index contributed by atoms with van der Waals surface area (Å²) in [6.45, 7) is -0.729. The zero-order chi connectivity index (χ0) is 22.9. The molecule has 1 fully saturated rings. The Hall–Kier alpha value is -3.02. The topological polar surface area (TPSA) is 110 Å². The van der Waals surface area contributed by atoms with Gasteiger partial charge in [-0.1, -0.05) is 23.2 Å². The van der Waals surface area contributed by atoms with Crippen molar-refractivity contribution in [2.45, 2.75) is 0 Å². The van der Waals surface area contributed by atoms with Crippen molar-refractivity contribution in [1.29, 1.82) is 0 Å². The number of rotatable bonds is 5. The normalized spacial score (nSPS) is 15.0. The van der Waals surface area contributed by atoms with E-state index in [4.69, 9.17) is 23.2 Å². The summed E-state index contributed by atoms with van der Waals surface area (Å²) in [6, 6.07) is 4.65. The van der Waals surface area contributed by atoms with Crippen LogP contribution in [0.1, 0.15) is 5.56 Å².